The van der Waals surface area contributed by atoms with Gasteiger partial charge in [-0.2, -0.15) is 0 Å². The second-order valence-corrected chi connectivity index (χ2v) is 6.79. The summed E-state index contributed by atoms with van der Waals surface area (Å²) in [7, 11) is 0. The van der Waals surface area contributed by atoms with Crippen LogP contribution in [0.3, 0.4) is 0 Å². The number of hydrogen-bond acceptors (Lipinski definition) is 3. The van der Waals surface area contributed by atoms with Crippen molar-refractivity contribution in [1.82, 2.24) is 4.90 Å². The molecule has 0 unspecified atom stereocenters. The standard InChI is InChI=1S/C14H22N2S/c15-8-7-14(5-6-14)11-16(12-3-4-12)10-13-2-1-9-17-13/h1-2,9,12H,3-8,10-11,15H2. The van der Waals surface area contributed by atoms with Gasteiger partial charge in [-0.3, -0.25) is 4.90 Å². The van der Waals surface area contributed by atoms with Crippen LogP contribution in [0.15, 0.2) is 17.5 Å². The highest BCUT2D eigenvalue weighted by Crippen LogP contribution is 2.50. The van der Waals surface area contributed by atoms with Crippen molar-refractivity contribution in [2.24, 2.45) is 11.1 Å². The van der Waals surface area contributed by atoms with Crippen LogP contribution in [-0.2, 0) is 6.54 Å². The Kier molecular flexibility index (Phi) is 3.24. The van der Waals surface area contributed by atoms with E-state index in [-0.39, 0.29) is 0 Å². The summed E-state index contributed by atoms with van der Waals surface area (Å²) >= 11 is 1.89. The van der Waals surface area contributed by atoms with Crippen LogP contribution >= 0.6 is 11.3 Å². The topological polar surface area (TPSA) is 29.3 Å². The summed E-state index contributed by atoms with van der Waals surface area (Å²) in [6.07, 6.45) is 6.84. The molecule has 2 aliphatic carbocycles. The van der Waals surface area contributed by atoms with E-state index >= 15 is 0 Å². The van der Waals surface area contributed by atoms with Crippen molar-refractivity contribution in [2.75, 3.05) is 13.1 Å². The summed E-state index contributed by atoms with van der Waals surface area (Å²) < 4.78 is 0. The van der Waals surface area contributed by atoms with E-state index in [9.17, 15) is 0 Å². The van der Waals surface area contributed by atoms with Crippen molar-refractivity contribution >= 4 is 11.3 Å². The molecule has 94 valence electrons. The van der Waals surface area contributed by atoms with Crippen LogP contribution in [0.2, 0.25) is 0 Å². The van der Waals surface area contributed by atoms with Crippen molar-refractivity contribution in [3.8, 4) is 0 Å². The maximum Gasteiger partial charge on any atom is 0.0331 e. The molecule has 2 fully saturated rings. The third-order valence-electron chi connectivity index (χ3n) is 4.17. The van der Waals surface area contributed by atoms with E-state index in [1.165, 1.54) is 43.5 Å². The van der Waals surface area contributed by atoms with Gasteiger partial charge in [0, 0.05) is 24.0 Å². The van der Waals surface area contributed by atoms with Gasteiger partial charge in [0.2, 0.25) is 0 Å². The first-order valence-electron chi connectivity index (χ1n) is 6.78. The minimum atomic E-state index is 0.592. The molecule has 2 nitrogen and oxygen atoms in total. The lowest BCUT2D eigenvalue weighted by Gasteiger charge is -2.27. The third kappa shape index (κ3) is 2.90. The molecule has 0 amide bonds. The van der Waals surface area contributed by atoms with Crippen LogP contribution < -0.4 is 5.73 Å². The highest BCUT2D eigenvalue weighted by molar-refractivity contribution is 7.09. The Bertz CT molecular complexity index is 352. The summed E-state index contributed by atoms with van der Waals surface area (Å²) in [6, 6.07) is 5.30. The van der Waals surface area contributed by atoms with Gasteiger partial charge < -0.3 is 5.73 Å². The molecule has 3 heteroatoms. The predicted molar refractivity (Wildman–Crippen MR) is 73.1 cm³/mol. The predicted octanol–water partition coefficient (Wildman–Crippen LogP) is 2.84. The lowest BCUT2D eigenvalue weighted by atomic mass is 10.0. The van der Waals surface area contributed by atoms with E-state index in [0.29, 0.717) is 5.41 Å². The van der Waals surface area contributed by atoms with Crippen molar-refractivity contribution in [3.05, 3.63) is 22.4 Å². The molecule has 2 aliphatic rings. The molecule has 2 saturated carbocycles. The van der Waals surface area contributed by atoms with Crippen LogP contribution in [0.4, 0.5) is 0 Å². The summed E-state index contributed by atoms with van der Waals surface area (Å²) in [5.74, 6) is 0. The molecule has 0 atom stereocenters. The van der Waals surface area contributed by atoms with Crippen LogP contribution in [0.25, 0.3) is 0 Å². The fourth-order valence-corrected chi connectivity index (χ4v) is 3.49. The lowest BCUT2D eigenvalue weighted by molar-refractivity contribution is 0.198. The molecule has 3 rings (SSSR count). The molecule has 2 N–H and O–H groups in total. The molecule has 0 saturated heterocycles. The highest BCUT2D eigenvalue weighted by Gasteiger charge is 2.45. The normalized spacial score (nSPS) is 22.0. The summed E-state index contributed by atoms with van der Waals surface area (Å²) in [6.45, 7) is 3.30. The Hall–Kier alpha value is -0.380. The minimum Gasteiger partial charge on any atom is -0.330 e. The average molecular weight is 250 g/mol. The molecule has 0 bridgehead atoms. The molecular weight excluding hydrogens is 228 g/mol. The van der Waals surface area contributed by atoms with Gasteiger partial charge in [0.1, 0.15) is 0 Å². The number of nitrogens with two attached hydrogens (primary N) is 1. The molecule has 0 spiro atoms. The van der Waals surface area contributed by atoms with Gasteiger partial charge >= 0.3 is 0 Å². The number of thiophene rings is 1. The monoisotopic (exact) mass is 250 g/mol. The first kappa shape index (κ1) is 11.7. The van der Waals surface area contributed by atoms with Crippen molar-refractivity contribution in [2.45, 2.75) is 44.7 Å². The number of rotatable bonds is 7. The van der Waals surface area contributed by atoms with E-state index in [1.807, 2.05) is 11.3 Å². The highest BCUT2D eigenvalue weighted by atomic mass is 32.1. The van der Waals surface area contributed by atoms with Crippen LogP contribution in [0, 0.1) is 5.41 Å². The zero-order valence-electron chi connectivity index (χ0n) is 10.4. The summed E-state index contributed by atoms with van der Waals surface area (Å²) in [4.78, 5) is 4.23. The van der Waals surface area contributed by atoms with Gasteiger partial charge in [-0.1, -0.05) is 6.07 Å². The maximum absolute atomic E-state index is 5.74. The molecule has 1 aromatic rings. The van der Waals surface area contributed by atoms with E-state index in [0.717, 1.165) is 19.1 Å². The Balaban J connectivity index is 1.60. The fraction of sp³-hybridized carbons (Fsp3) is 0.714. The van der Waals surface area contributed by atoms with Gasteiger partial charge in [0.25, 0.3) is 0 Å². The quantitative estimate of drug-likeness (QED) is 0.806. The average Bonchev–Trinajstić information content (AvgIpc) is 3.22. The number of hydrogen-bond donors (Lipinski definition) is 1. The Morgan fingerprint density at radius 1 is 1.41 bits per heavy atom. The molecule has 0 aliphatic heterocycles. The Morgan fingerprint density at radius 3 is 2.76 bits per heavy atom. The Morgan fingerprint density at radius 2 is 2.24 bits per heavy atom. The molecule has 1 heterocycles. The van der Waals surface area contributed by atoms with E-state index < -0.39 is 0 Å². The van der Waals surface area contributed by atoms with Crippen LogP contribution in [0.5, 0.6) is 0 Å². The fourth-order valence-electron chi connectivity index (χ4n) is 2.76. The lowest BCUT2D eigenvalue weighted by Crippen LogP contribution is -2.32. The van der Waals surface area contributed by atoms with Crippen molar-refractivity contribution < 1.29 is 0 Å². The first-order valence-corrected chi connectivity index (χ1v) is 7.66. The van der Waals surface area contributed by atoms with Gasteiger partial charge in [-0.25, -0.2) is 0 Å². The SMILES string of the molecule is NCCC1(CN(Cc2cccs2)C2CC2)CC1. The molecule has 1 aromatic heterocycles. The largest absolute Gasteiger partial charge is 0.330 e. The number of nitrogens with zero attached hydrogens (tertiary/aromatic N) is 1. The maximum atomic E-state index is 5.74. The molecule has 0 radical (unpaired) electrons. The molecule has 0 aromatic carbocycles. The van der Waals surface area contributed by atoms with Gasteiger partial charge in [-0.15, -0.1) is 11.3 Å². The second kappa shape index (κ2) is 4.71. The zero-order chi connectivity index (χ0) is 11.7. The summed E-state index contributed by atoms with van der Waals surface area (Å²) in [5.41, 5.74) is 6.33. The molecule has 17 heavy (non-hydrogen) atoms. The minimum absolute atomic E-state index is 0.592. The van der Waals surface area contributed by atoms with Crippen molar-refractivity contribution in [1.29, 1.82) is 0 Å². The van der Waals surface area contributed by atoms with Crippen LogP contribution in [-0.4, -0.2) is 24.0 Å². The van der Waals surface area contributed by atoms with E-state index in [1.54, 1.807) is 0 Å². The third-order valence-corrected chi connectivity index (χ3v) is 5.03. The van der Waals surface area contributed by atoms with E-state index in [4.69, 9.17) is 5.73 Å². The second-order valence-electron chi connectivity index (χ2n) is 5.75. The zero-order valence-corrected chi connectivity index (χ0v) is 11.2. The summed E-state index contributed by atoms with van der Waals surface area (Å²) in [5, 5.41) is 2.19. The first-order chi connectivity index (χ1) is 8.31. The van der Waals surface area contributed by atoms with Gasteiger partial charge in [-0.05, 0) is 55.5 Å². The van der Waals surface area contributed by atoms with Gasteiger partial charge in [0.05, 0.1) is 0 Å². The van der Waals surface area contributed by atoms with E-state index in [2.05, 4.69) is 22.4 Å². The smallest absolute Gasteiger partial charge is 0.0331 e. The van der Waals surface area contributed by atoms with Gasteiger partial charge in [0.15, 0.2) is 0 Å². The Labute approximate surface area is 108 Å². The van der Waals surface area contributed by atoms with Crippen molar-refractivity contribution in [3.63, 3.8) is 0 Å². The van der Waals surface area contributed by atoms with Crippen LogP contribution in [0.1, 0.15) is 37.0 Å². The molecular formula is C14H22N2S.